The van der Waals surface area contributed by atoms with Crippen molar-refractivity contribution < 1.29 is 4.74 Å². The summed E-state index contributed by atoms with van der Waals surface area (Å²) in [5.41, 5.74) is 2.61. The van der Waals surface area contributed by atoms with E-state index >= 15 is 0 Å². The average Bonchev–Trinajstić information content (AvgIpc) is 2.97. The van der Waals surface area contributed by atoms with Gasteiger partial charge in [-0.3, -0.25) is 0 Å². The van der Waals surface area contributed by atoms with Crippen molar-refractivity contribution >= 4 is 11.6 Å². The summed E-state index contributed by atoms with van der Waals surface area (Å²) in [6.07, 6.45) is 6.00. The molecule has 1 saturated carbocycles. The summed E-state index contributed by atoms with van der Waals surface area (Å²) in [6.45, 7) is 0.812. The third-order valence-corrected chi connectivity index (χ3v) is 4.50. The molecule has 0 amide bonds. The number of benzene rings is 1. The van der Waals surface area contributed by atoms with Gasteiger partial charge in [-0.05, 0) is 61.9 Å². The number of halogens is 1. The van der Waals surface area contributed by atoms with E-state index in [1.807, 2.05) is 0 Å². The molecule has 2 atom stereocenters. The van der Waals surface area contributed by atoms with Crippen LogP contribution in [0.25, 0.3) is 0 Å². The van der Waals surface area contributed by atoms with Crippen molar-refractivity contribution in [2.24, 2.45) is 5.92 Å². The van der Waals surface area contributed by atoms with Crippen LogP contribution in [0.15, 0.2) is 12.1 Å². The van der Waals surface area contributed by atoms with Crippen molar-refractivity contribution in [3.05, 3.63) is 28.3 Å². The molecule has 18 heavy (non-hydrogen) atoms. The fourth-order valence-corrected chi connectivity index (χ4v) is 3.59. The first-order valence-corrected chi connectivity index (χ1v) is 7.25. The van der Waals surface area contributed by atoms with Gasteiger partial charge in [-0.25, -0.2) is 0 Å². The van der Waals surface area contributed by atoms with Gasteiger partial charge in [0.05, 0.1) is 6.61 Å². The van der Waals surface area contributed by atoms with Crippen LogP contribution in [-0.2, 0) is 12.8 Å². The Morgan fingerprint density at radius 2 is 2.28 bits per heavy atom. The van der Waals surface area contributed by atoms with E-state index in [1.54, 1.807) is 0 Å². The normalized spacial score (nSPS) is 26.1. The third-order valence-electron chi connectivity index (χ3n) is 4.28. The Morgan fingerprint density at radius 3 is 3.06 bits per heavy atom. The molecule has 0 saturated heterocycles. The Balaban J connectivity index is 1.77. The van der Waals surface area contributed by atoms with Crippen LogP contribution in [-0.4, -0.2) is 19.7 Å². The fraction of sp³-hybridized carbons (Fsp3) is 0.600. The topological polar surface area (TPSA) is 21.3 Å². The molecule has 0 bridgehead atoms. The van der Waals surface area contributed by atoms with E-state index in [1.165, 1.54) is 30.4 Å². The maximum Gasteiger partial charge on any atom is 0.125 e. The SMILES string of the molecule is CNC1CCC(Cc2cc(Cl)cc3c2OCC3)C1. The van der Waals surface area contributed by atoms with Crippen LogP contribution in [0.2, 0.25) is 5.02 Å². The molecule has 2 aliphatic rings. The molecule has 2 unspecified atom stereocenters. The standard InChI is InChI=1S/C15H20ClNO/c1-17-14-3-2-10(7-14)6-12-9-13(16)8-11-4-5-18-15(11)12/h8-10,14,17H,2-7H2,1H3. The van der Waals surface area contributed by atoms with Gasteiger partial charge in [-0.1, -0.05) is 11.6 Å². The lowest BCUT2D eigenvalue weighted by Crippen LogP contribution is -2.21. The highest BCUT2D eigenvalue weighted by Gasteiger charge is 2.26. The van der Waals surface area contributed by atoms with Gasteiger partial charge in [0.2, 0.25) is 0 Å². The number of fused-ring (bicyclic) bond motifs is 1. The van der Waals surface area contributed by atoms with Crippen LogP contribution in [0, 0.1) is 5.92 Å². The quantitative estimate of drug-likeness (QED) is 0.906. The van der Waals surface area contributed by atoms with Crippen molar-refractivity contribution in [2.75, 3.05) is 13.7 Å². The molecule has 1 fully saturated rings. The van der Waals surface area contributed by atoms with E-state index in [4.69, 9.17) is 16.3 Å². The molecule has 1 aromatic rings. The van der Waals surface area contributed by atoms with E-state index in [0.29, 0.717) is 6.04 Å². The molecule has 3 heteroatoms. The van der Waals surface area contributed by atoms with Crippen molar-refractivity contribution in [1.29, 1.82) is 0 Å². The lowest BCUT2D eigenvalue weighted by atomic mass is 9.95. The second-order valence-corrected chi connectivity index (χ2v) is 5.96. The van der Waals surface area contributed by atoms with Gasteiger partial charge >= 0.3 is 0 Å². The number of hydrogen-bond acceptors (Lipinski definition) is 2. The average molecular weight is 266 g/mol. The summed E-state index contributed by atoms with van der Waals surface area (Å²) in [4.78, 5) is 0. The molecule has 0 aromatic heterocycles. The largest absolute Gasteiger partial charge is 0.493 e. The number of hydrogen-bond donors (Lipinski definition) is 1. The van der Waals surface area contributed by atoms with E-state index in [0.717, 1.165) is 36.1 Å². The maximum absolute atomic E-state index is 6.20. The molecule has 1 aliphatic heterocycles. The van der Waals surface area contributed by atoms with Gasteiger partial charge in [0, 0.05) is 17.5 Å². The molecular weight excluding hydrogens is 246 g/mol. The lowest BCUT2D eigenvalue weighted by Gasteiger charge is -2.14. The second-order valence-electron chi connectivity index (χ2n) is 5.52. The molecule has 1 N–H and O–H groups in total. The molecule has 1 aliphatic carbocycles. The van der Waals surface area contributed by atoms with Crippen LogP contribution in [0.1, 0.15) is 30.4 Å². The molecule has 3 rings (SSSR count). The first-order chi connectivity index (χ1) is 8.76. The Morgan fingerprint density at radius 1 is 1.39 bits per heavy atom. The van der Waals surface area contributed by atoms with Crippen LogP contribution in [0.3, 0.4) is 0 Å². The smallest absolute Gasteiger partial charge is 0.125 e. The molecule has 98 valence electrons. The Kier molecular flexibility index (Phi) is 3.49. The van der Waals surface area contributed by atoms with Crippen LogP contribution in [0.4, 0.5) is 0 Å². The zero-order chi connectivity index (χ0) is 12.5. The van der Waals surface area contributed by atoms with Gasteiger partial charge in [-0.15, -0.1) is 0 Å². The van der Waals surface area contributed by atoms with Crippen molar-refractivity contribution in [3.8, 4) is 5.75 Å². The van der Waals surface area contributed by atoms with E-state index in [9.17, 15) is 0 Å². The van der Waals surface area contributed by atoms with Gasteiger partial charge in [0.1, 0.15) is 5.75 Å². The number of ether oxygens (including phenoxy) is 1. The summed E-state index contributed by atoms with van der Waals surface area (Å²) in [5, 5.41) is 4.24. The Hall–Kier alpha value is -0.730. The van der Waals surface area contributed by atoms with Crippen LogP contribution >= 0.6 is 11.6 Å². The highest BCUT2D eigenvalue weighted by atomic mass is 35.5. The minimum atomic E-state index is 0.697. The van der Waals surface area contributed by atoms with Crippen LogP contribution < -0.4 is 10.1 Å². The molecule has 0 radical (unpaired) electrons. The van der Waals surface area contributed by atoms with Gasteiger partial charge < -0.3 is 10.1 Å². The molecule has 1 aromatic carbocycles. The first-order valence-electron chi connectivity index (χ1n) is 6.87. The predicted octanol–water partition coefficient (Wildman–Crippen LogP) is 3.21. The highest BCUT2D eigenvalue weighted by Crippen LogP contribution is 2.37. The Labute approximate surface area is 114 Å². The lowest BCUT2D eigenvalue weighted by molar-refractivity contribution is 0.350. The van der Waals surface area contributed by atoms with Gasteiger partial charge in [0.15, 0.2) is 0 Å². The second kappa shape index (κ2) is 5.10. The first kappa shape index (κ1) is 12.3. The zero-order valence-electron chi connectivity index (χ0n) is 10.8. The molecular formula is C15H20ClNO. The predicted molar refractivity (Wildman–Crippen MR) is 74.5 cm³/mol. The van der Waals surface area contributed by atoms with Gasteiger partial charge in [0.25, 0.3) is 0 Å². The van der Waals surface area contributed by atoms with Crippen LogP contribution in [0.5, 0.6) is 5.75 Å². The molecule has 2 nitrogen and oxygen atoms in total. The fourth-order valence-electron chi connectivity index (χ4n) is 3.33. The number of nitrogens with one attached hydrogen (secondary N) is 1. The summed E-state index contributed by atoms with van der Waals surface area (Å²) < 4.78 is 5.77. The summed E-state index contributed by atoms with van der Waals surface area (Å²) in [6, 6.07) is 4.85. The minimum absolute atomic E-state index is 0.697. The van der Waals surface area contributed by atoms with Crippen molar-refractivity contribution in [2.45, 2.75) is 38.1 Å². The van der Waals surface area contributed by atoms with Crippen molar-refractivity contribution in [1.82, 2.24) is 5.32 Å². The Bertz CT molecular complexity index is 446. The third kappa shape index (κ3) is 2.36. The zero-order valence-corrected chi connectivity index (χ0v) is 11.6. The number of rotatable bonds is 3. The van der Waals surface area contributed by atoms with E-state index in [-0.39, 0.29) is 0 Å². The minimum Gasteiger partial charge on any atom is -0.493 e. The highest BCUT2D eigenvalue weighted by molar-refractivity contribution is 6.30. The summed E-state index contributed by atoms with van der Waals surface area (Å²) >= 11 is 6.20. The molecule has 0 spiro atoms. The summed E-state index contributed by atoms with van der Waals surface area (Å²) in [5.74, 6) is 1.89. The monoisotopic (exact) mass is 265 g/mol. The van der Waals surface area contributed by atoms with Crippen molar-refractivity contribution in [3.63, 3.8) is 0 Å². The summed E-state index contributed by atoms with van der Waals surface area (Å²) in [7, 11) is 2.06. The van der Waals surface area contributed by atoms with Gasteiger partial charge in [-0.2, -0.15) is 0 Å². The molecule has 1 heterocycles. The van der Waals surface area contributed by atoms with E-state index in [2.05, 4.69) is 24.5 Å². The van der Waals surface area contributed by atoms with E-state index < -0.39 is 0 Å². The maximum atomic E-state index is 6.20.